The highest BCUT2D eigenvalue weighted by atomic mass is 79.9. The first-order chi connectivity index (χ1) is 10.5. The number of carbonyl (C=O) groups excluding carboxylic acids is 1. The molecule has 22 heavy (non-hydrogen) atoms. The van der Waals surface area contributed by atoms with E-state index in [2.05, 4.69) is 39.2 Å². The summed E-state index contributed by atoms with van der Waals surface area (Å²) in [5.74, 6) is 0.305. The molecule has 4 nitrogen and oxygen atoms in total. The van der Waals surface area contributed by atoms with Gasteiger partial charge in [-0.3, -0.25) is 4.79 Å². The van der Waals surface area contributed by atoms with Gasteiger partial charge in [-0.15, -0.1) is 11.3 Å². The molecule has 0 aliphatic carbocycles. The summed E-state index contributed by atoms with van der Waals surface area (Å²) >= 11 is 4.90. The van der Waals surface area contributed by atoms with Gasteiger partial charge in [0, 0.05) is 18.0 Å². The van der Waals surface area contributed by atoms with Gasteiger partial charge in [-0.25, -0.2) is 4.98 Å². The molecule has 0 fully saturated rings. The van der Waals surface area contributed by atoms with E-state index in [1.54, 1.807) is 17.4 Å². The van der Waals surface area contributed by atoms with E-state index in [1.165, 1.54) is 4.70 Å². The third kappa shape index (κ3) is 3.08. The maximum Gasteiger partial charge on any atom is 0.287 e. The van der Waals surface area contributed by atoms with Crippen LogP contribution in [-0.4, -0.2) is 17.4 Å². The number of nitrogens with one attached hydrogen (secondary N) is 1. The van der Waals surface area contributed by atoms with Gasteiger partial charge in [0.1, 0.15) is 0 Å². The molecule has 1 unspecified atom stereocenters. The van der Waals surface area contributed by atoms with Gasteiger partial charge < -0.3 is 9.73 Å². The van der Waals surface area contributed by atoms with Crippen molar-refractivity contribution in [2.75, 3.05) is 6.54 Å². The maximum atomic E-state index is 12.1. The van der Waals surface area contributed by atoms with Gasteiger partial charge in [0.2, 0.25) is 0 Å². The van der Waals surface area contributed by atoms with E-state index in [4.69, 9.17) is 4.42 Å². The fraction of sp³-hybridized carbons (Fsp3) is 0.250. The number of nitrogens with zero attached hydrogens (tertiary/aromatic N) is 1. The zero-order valence-electron chi connectivity index (χ0n) is 12.2. The van der Waals surface area contributed by atoms with Crippen LogP contribution in [0.1, 0.15) is 34.0 Å². The van der Waals surface area contributed by atoms with E-state index >= 15 is 0 Å². The number of aryl methyl sites for hydroxylation is 1. The van der Waals surface area contributed by atoms with E-state index in [-0.39, 0.29) is 11.8 Å². The summed E-state index contributed by atoms with van der Waals surface area (Å²) in [6.07, 6.45) is 0. The number of hydrogen-bond acceptors (Lipinski definition) is 4. The van der Waals surface area contributed by atoms with E-state index < -0.39 is 0 Å². The normalized spacial score (nSPS) is 12.5. The number of fused-ring (bicyclic) bond motifs is 1. The van der Waals surface area contributed by atoms with E-state index in [0.717, 1.165) is 16.1 Å². The Morgan fingerprint density at radius 1 is 1.45 bits per heavy atom. The predicted molar refractivity (Wildman–Crippen MR) is 91.5 cm³/mol. The first-order valence-electron chi connectivity index (χ1n) is 6.94. The van der Waals surface area contributed by atoms with Gasteiger partial charge in [-0.2, -0.15) is 0 Å². The molecule has 0 saturated carbocycles. The van der Waals surface area contributed by atoms with E-state index in [9.17, 15) is 4.79 Å². The Hall–Kier alpha value is -1.66. The first kappa shape index (κ1) is 15.2. The number of furan rings is 1. The SMILES string of the molecule is Cc1cc(Br)oc1C(=O)NCC(C)c1nc2ccccc2s1. The number of hydrogen-bond donors (Lipinski definition) is 1. The van der Waals surface area contributed by atoms with Crippen LogP contribution in [-0.2, 0) is 0 Å². The van der Waals surface area contributed by atoms with Gasteiger partial charge in [0.15, 0.2) is 10.4 Å². The highest BCUT2D eigenvalue weighted by Crippen LogP contribution is 2.27. The van der Waals surface area contributed by atoms with Crippen molar-refractivity contribution in [1.82, 2.24) is 10.3 Å². The Morgan fingerprint density at radius 3 is 2.91 bits per heavy atom. The Labute approximate surface area is 140 Å². The minimum Gasteiger partial charge on any atom is -0.444 e. The second kappa shape index (κ2) is 6.22. The number of rotatable bonds is 4. The van der Waals surface area contributed by atoms with E-state index in [0.29, 0.717) is 17.0 Å². The van der Waals surface area contributed by atoms with Crippen molar-refractivity contribution in [3.63, 3.8) is 0 Å². The summed E-state index contributed by atoms with van der Waals surface area (Å²) < 4.78 is 7.09. The largest absolute Gasteiger partial charge is 0.444 e. The molecule has 0 aliphatic heterocycles. The minimum absolute atomic E-state index is 0.153. The van der Waals surface area contributed by atoms with Gasteiger partial charge in [0.05, 0.1) is 15.2 Å². The fourth-order valence-corrected chi connectivity index (χ4v) is 3.71. The smallest absolute Gasteiger partial charge is 0.287 e. The molecule has 0 spiro atoms. The summed E-state index contributed by atoms with van der Waals surface area (Å²) in [6.45, 7) is 4.43. The molecule has 3 aromatic rings. The highest BCUT2D eigenvalue weighted by Gasteiger charge is 2.17. The monoisotopic (exact) mass is 378 g/mol. The lowest BCUT2D eigenvalue weighted by atomic mass is 10.2. The molecule has 1 aromatic carbocycles. The van der Waals surface area contributed by atoms with Crippen LogP contribution in [0, 0.1) is 6.92 Å². The summed E-state index contributed by atoms with van der Waals surface area (Å²) in [5, 5.41) is 3.94. The van der Waals surface area contributed by atoms with Crippen LogP contribution in [0.3, 0.4) is 0 Å². The van der Waals surface area contributed by atoms with Crippen LogP contribution in [0.5, 0.6) is 0 Å². The number of carbonyl (C=O) groups is 1. The number of amides is 1. The number of thiazole rings is 1. The molecule has 3 rings (SSSR count). The Kier molecular flexibility index (Phi) is 4.31. The standard InChI is InChI=1S/C16H15BrN2O2S/c1-9-7-13(17)21-14(9)15(20)18-8-10(2)16-19-11-5-3-4-6-12(11)22-16/h3-7,10H,8H2,1-2H3,(H,18,20). The number of benzene rings is 1. The van der Waals surface area contributed by atoms with Crippen LogP contribution >= 0.6 is 27.3 Å². The van der Waals surface area contributed by atoms with Crippen molar-refractivity contribution in [3.8, 4) is 0 Å². The molecule has 1 N–H and O–H groups in total. The molecule has 6 heteroatoms. The zero-order chi connectivity index (χ0) is 15.7. The summed E-state index contributed by atoms with van der Waals surface area (Å²) in [6, 6.07) is 9.84. The van der Waals surface area contributed by atoms with Crippen molar-refractivity contribution >= 4 is 43.4 Å². The van der Waals surface area contributed by atoms with Gasteiger partial charge in [-0.05, 0) is 41.1 Å². The second-order valence-electron chi connectivity index (χ2n) is 5.19. The molecule has 0 radical (unpaired) electrons. The summed E-state index contributed by atoms with van der Waals surface area (Å²) in [4.78, 5) is 16.8. The van der Waals surface area contributed by atoms with Crippen LogP contribution in [0.25, 0.3) is 10.2 Å². The molecule has 114 valence electrons. The van der Waals surface area contributed by atoms with Crippen LogP contribution < -0.4 is 5.32 Å². The van der Waals surface area contributed by atoms with Crippen molar-refractivity contribution in [2.45, 2.75) is 19.8 Å². The number of aromatic nitrogens is 1. The van der Waals surface area contributed by atoms with Crippen LogP contribution in [0.15, 0.2) is 39.4 Å². The first-order valence-corrected chi connectivity index (χ1v) is 8.55. The van der Waals surface area contributed by atoms with Crippen molar-refractivity contribution < 1.29 is 9.21 Å². The molecule has 2 aromatic heterocycles. The van der Waals surface area contributed by atoms with Gasteiger partial charge in [0.25, 0.3) is 5.91 Å². The summed E-state index contributed by atoms with van der Waals surface area (Å²) in [5.41, 5.74) is 1.82. The molecule has 0 aliphatic rings. The lowest BCUT2D eigenvalue weighted by Crippen LogP contribution is -2.27. The average molecular weight is 379 g/mol. The second-order valence-corrected chi connectivity index (χ2v) is 7.04. The molecule has 0 bridgehead atoms. The van der Waals surface area contributed by atoms with Crippen LogP contribution in [0.2, 0.25) is 0 Å². The fourth-order valence-electron chi connectivity index (χ4n) is 2.18. The highest BCUT2D eigenvalue weighted by molar-refractivity contribution is 9.10. The molecule has 1 atom stereocenters. The summed E-state index contributed by atoms with van der Waals surface area (Å²) in [7, 11) is 0. The van der Waals surface area contributed by atoms with Crippen molar-refractivity contribution in [1.29, 1.82) is 0 Å². The lowest BCUT2D eigenvalue weighted by Gasteiger charge is -2.09. The molecular weight excluding hydrogens is 364 g/mol. The lowest BCUT2D eigenvalue weighted by molar-refractivity contribution is 0.0922. The maximum absolute atomic E-state index is 12.1. The Bertz CT molecular complexity index is 792. The molecule has 0 saturated heterocycles. The molecule has 1 amide bonds. The van der Waals surface area contributed by atoms with Crippen molar-refractivity contribution in [2.24, 2.45) is 0 Å². The average Bonchev–Trinajstić information content (AvgIpc) is 3.07. The van der Waals surface area contributed by atoms with Crippen LogP contribution in [0.4, 0.5) is 0 Å². The van der Waals surface area contributed by atoms with E-state index in [1.807, 2.05) is 25.1 Å². The Balaban J connectivity index is 1.68. The minimum atomic E-state index is -0.198. The third-order valence-corrected chi connectivity index (χ3v) is 5.05. The molecular formula is C16H15BrN2O2S. The number of para-hydroxylation sites is 1. The quantitative estimate of drug-likeness (QED) is 0.727. The van der Waals surface area contributed by atoms with Gasteiger partial charge >= 0.3 is 0 Å². The topological polar surface area (TPSA) is 55.1 Å². The van der Waals surface area contributed by atoms with Crippen molar-refractivity contribution in [3.05, 3.63) is 51.3 Å². The zero-order valence-corrected chi connectivity index (χ0v) is 14.6. The van der Waals surface area contributed by atoms with Gasteiger partial charge in [-0.1, -0.05) is 19.1 Å². The number of halogens is 1. The predicted octanol–water partition coefficient (Wildman–Crippen LogP) is 4.49. The molecule has 2 heterocycles. The third-order valence-electron chi connectivity index (χ3n) is 3.39. The Morgan fingerprint density at radius 2 is 2.23 bits per heavy atom.